The van der Waals surface area contributed by atoms with Gasteiger partial charge in [0, 0.05) is 17.5 Å². The Bertz CT molecular complexity index is 574. The van der Waals surface area contributed by atoms with Crippen LogP contribution in [0.25, 0.3) is 10.2 Å². The Balaban J connectivity index is 2.00. The molecule has 1 aliphatic carbocycles. The number of nitrogens with one attached hydrogen (secondary N) is 1. The fourth-order valence-electron chi connectivity index (χ4n) is 2.34. The van der Waals surface area contributed by atoms with E-state index in [1.165, 1.54) is 28.7 Å². The molecule has 1 fully saturated rings. The standard InChI is InChI=1S/C13H18N4S/c1-7-8(2)18-13-11(7)12(15-6-16-13)17-10(5-14)9-3-4-9/h6,9-10H,3-5,14H2,1-2H3,(H,15,16,17). The first-order valence-corrected chi connectivity index (χ1v) is 7.19. The van der Waals surface area contributed by atoms with Crippen LogP contribution in [0.2, 0.25) is 0 Å². The first kappa shape index (κ1) is 11.9. The van der Waals surface area contributed by atoms with Crippen LogP contribution in [0, 0.1) is 19.8 Å². The lowest BCUT2D eigenvalue weighted by atomic mass is 10.1. The number of aryl methyl sites for hydroxylation is 2. The molecule has 4 nitrogen and oxygen atoms in total. The predicted octanol–water partition coefficient (Wildman–Crippen LogP) is 2.46. The van der Waals surface area contributed by atoms with Gasteiger partial charge >= 0.3 is 0 Å². The van der Waals surface area contributed by atoms with Crippen LogP contribution in [-0.2, 0) is 0 Å². The molecule has 0 bridgehead atoms. The van der Waals surface area contributed by atoms with Crippen molar-refractivity contribution in [3.63, 3.8) is 0 Å². The number of hydrogen-bond acceptors (Lipinski definition) is 5. The molecule has 96 valence electrons. The topological polar surface area (TPSA) is 63.8 Å². The molecule has 2 heterocycles. The van der Waals surface area contributed by atoms with Gasteiger partial charge in [-0.15, -0.1) is 11.3 Å². The van der Waals surface area contributed by atoms with Gasteiger partial charge in [-0.3, -0.25) is 0 Å². The van der Waals surface area contributed by atoms with Crippen molar-refractivity contribution >= 4 is 27.4 Å². The Hall–Kier alpha value is -1.20. The number of nitrogens with two attached hydrogens (primary N) is 1. The Morgan fingerprint density at radius 2 is 2.22 bits per heavy atom. The van der Waals surface area contributed by atoms with Gasteiger partial charge in [0.1, 0.15) is 17.0 Å². The third kappa shape index (κ3) is 1.97. The first-order chi connectivity index (χ1) is 8.70. The summed E-state index contributed by atoms with van der Waals surface area (Å²) in [5.74, 6) is 1.67. The van der Waals surface area contributed by atoms with Crippen LogP contribution >= 0.6 is 11.3 Å². The number of hydrogen-bond donors (Lipinski definition) is 2. The molecule has 3 N–H and O–H groups in total. The second kappa shape index (κ2) is 4.48. The van der Waals surface area contributed by atoms with Crippen molar-refractivity contribution in [3.8, 4) is 0 Å². The van der Waals surface area contributed by atoms with E-state index in [0.717, 1.165) is 16.6 Å². The van der Waals surface area contributed by atoms with E-state index in [0.29, 0.717) is 12.6 Å². The monoisotopic (exact) mass is 262 g/mol. The molecule has 18 heavy (non-hydrogen) atoms. The van der Waals surface area contributed by atoms with Gasteiger partial charge in [0.25, 0.3) is 0 Å². The molecule has 0 amide bonds. The summed E-state index contributed by atoms with van der Waals surface area (Å²) in [4.78, 5) is 11.1. The highest BCUT2D eigenvalue weighted by molar-refractivity contribution is 7.18. The van der Waals surface area contributed by atoms with Crippen molar-refractivity contribution in [2.45, 2.75) is 32.7 Å². The summed E-state index contributed by atoms with van der Waals surface area (Å²) >= 11 is 1.73. The van der Waals surface area contributed by atoms with Crippen LogP contribution < -0.4 is 11.1 Å². The van der Waals surface area contributed by atoms with Crippen molar-refractivity contribution in [2.24, 2.45) is 11.7 Å². The molecule has 2 aromatic rings. The lowest BCUT2D eigenvalue weighted by Gasteiger charge is -2.17. The number of thiophene rings is 1. The van der Waals surface area contributed by atoms with E-state index >= 15 is 0 Å². The minimum absolute atomic E-state index is 0.350. The molecular formula is C13H18N4S. The second-order valence-corrected chi connectivity index (χ2v) is 6.21. The zero-order valence-corrected chi connectivity index (χ0v) is 11.5. The lowest BCUT2D eigenvalue weighted by Crippen LogP contribution is -2.31. The largest absolute Gasteiger partial charge is 0.365 e. The quantitative estimate of drug-likeness (QED) is 0.888. The molecule has 3 rings (SSSR count). The van der Waals surface area contributed by atoms with Gasteiger partial charge in [-0.05, 0) is 38.2 Å². The molecule has 1 unspecified atom stereocenters. The molecule has 0 aromatic carbocycles. The summed E-state index contributed by atoms with van der Waals surface area (Å²) in [6.45, 7) is 4.93. The molecule has 0 spiro atoms. The first-order valence-electron chi connectivity index (χ1n) is 6.38. The molecule has 5 heteroatoms. The Morgan fingerprint density at radius 1 is 1.44 bits per heavy atom. The zero-order chi connectivity index (χ0) is 12.7. The molecule has 1 atom stereocenters. The van der Waals surface area contributed by atoms with Crippen LogP contribution in [0.3, 0.4) is 0 Å². The van der Waals surface area contributed by atoms with Gasteiger partial charge in [-0.2, -0.15) is 0 Å². The maximum atomic E-state index is 5.85. The van der Waals surface area contributed by atoms with Crippen LogP contribution in [0.15, 0.2) is 6.33 Å². The van der Waals surface area contributed by atoms with E-state index in [1.54, 1.807) is 17.7 Å². The van der Waals surface area contributed by atoms with Gasteiger partial charge in [-0.25, -0.2) is 9.97 Å². The van der Waals surface area contributed by atoms with E-state index in [-0.39, 0.29) is 0 Å². The van der Waals surface area contributed by atoms with Crippen molar-refractivity contribution in [1.82, 2.24) is 9.97 Å². The normalized spacial score (nSPS) is 17.1. The number of aromatic nitrogens is 2. The van der Waals surface area contributed by atoms with Crippen LogP contribution in [0.4, 0.5) is 5.82 Å². The number of anilines is 1. The van der Waals surface area contributed by atoms with E-state index in [4.69, 9.17) is 5.73 Å². The van der Waals surface area contributed by atoms with Gasteiger partial charge in [0.2, 0.25) is 0 Å². The van der Waals surface area contributed by atoms with Crippen molar-refractivity contribution in [1.29, 1.82) is 0 Å². The Morgan fingerprint density at radius 3 is 2.89 bits per heavy atom. The summed E-state index contributed by atoms with van der Waals surface area (Å²) in [7, 11) is 0. The minimum Gasteiger partial charge on any atom is -0.365 e. The van der Waals surface area contributed by atoms with Crippen LogP contribution in [-0.4, -0.2) is 22.6 Å². The number of nitrogens with zero attached hydrogens (tertiary/aromatic N) is 2. The van der Waals surface area contributed by atoms with Crippen LogP contribution in [0.5, 0.6) is 0 Å². The zero-order valence-electron chi connectivity index (χ0n) is 10.7. The van der Waals surface area contributed by atoms with Crippen LogP contribution in [0.1, 0.15) is 23.3 Å². The summed E-state index contributed by atoms with van der Waals surface area (Å²) in [5.41, 5.74) is 7.13. The molecule has 0 aliphatic heterocycles. The third-order valence-corrected chi connectivity index (χ3v) is 4.85. The predicted molar refractivity (Wildman–Crippen MR) is 76.1 cm³/mol. The minimum atomic E-state index is 0.350. The summed E-state index contributed by atoms with van der Waals surface area (Å²) < 4.78 is 0. The summed E-state index contributed by atoms with van der Waals surface area (Å²) in [6.07, 6.45) is 4.20. The molecule has 0 radical (unpaired) electrons. The Labute approximate surface area is 111 Å². The molecule has 1 aliphatic rings. The van der Waals surface area contributed by atoms with E-state index < -0.39 is 0 Å². The smallest absolute Gasteiger partial charge is 0.138 e. The number of fused-ring (bicyclic) bond motifs is 1. The van der Waals surface area contributed by atoms with Crippen molar-refractivity contribution in [2.75, 3.05) is 11.9 Å². The lowest BCUT2D eigenvalue weighted by molar-refractivity contribution is 0.643. The average molecular weight is 262 g/mol. The third-order valence-electron chi connectivity index (χ3n) is 3.73. The van der Waals surface area contributed by atoms with Gasteiger partial charge in [0.05, 0.1) is 5.39 Å². The van der Waals surface area contributed by atoms with E-state index in [9.17, 15) is 0 Å². The van der Waals surface area contributed by atoms with Crippen molar-refractivity contribution < 1.29 is 0 Å². The highest BCUT2D eigenvalue weighted by Gasteiger charge is 2.30. The maximum absolute atomic E-state index is 5.85. The average Bonchev–Trinajstić information content (AvgIpc) is 3.15. The molecule has 0 saturated heterocycles. The highest BCUT2D eigenvalue weighted by atomic mass is 32.1. The number of rotatable bonds is 4. The molecular weight excluding hydrogens is 244 g/mol. The fraction of sp³-hybridized carbons (Fsp3) is 0.538. The van der Waals surface area contributed by atoms with E-state index in [1.807, 2.05) is 0 Å². The second-order valence-electron chi connectivity index (χ2n) is 5.01. The SMILES string of the molecule is Cc1sc2ncnc(NC(CN)C3CC3)c2c1C. The van der Waals surface area contributed by atoms with Gasteiger partial charge < -0.3 is 11.1 Å². The van der Waals surface area contributed by atoms with Gasteiger partial charge in [-0.1, -0.05) is 0 Å². The van der Waals surface area contributed by atoms with Gasteiger partial charge in [0.15, 0.2) is 0 Å². The fourth-order valence-corrected chi connectivity index (χ4v) is 3.33. The highest BCUT2D eigenvalue weighted by Crippen LogP contribution is 2.36. The Kier molecular flexibility index (Phi) is 2.95. The van der Waals surface area contributed by atoms with Crippen molar-refractivity contribution in [3.05, 3.63) is 16.8 Å². The molecule has 2 aromatic heterocycles. The molecule has 1 saturated carbocycles. The van der Waals surface area contributed by atoms with E-state index in [2.05, 4.69) is 29.1 Å². The summed E-state index contributed by atoms with van der Waals surface area (Å²) in [6, 6.07) is 0.350. The maximum Gasteiger partial charge on any atom is 0.138 e. The summed E-state index contributed by atoms with van der Waals surface area (Å²) in [5, 5.41) is 4.68.